The van der Waals surface area contributed by atoms with E-state index in [2.05, 4.69) is 15.8 Å². The number of carbonyl (C=O) groups is 2. The van der Waals surface area contributed by atoms with Crippen LogP contribution >= 0.6 is 0 Å². The third kappa shape index (κ3) is 3.13. The Balaban J connectivity index is 1.65. The van der Waals surface area contributed by atoms with Crippen molar-refractivity contribution in [1.82, 2.24) is 15.8 Å². The molecule has 0 aliphatic carbocycles. The normalized spacial score (nSPS) is 10.7. The molecule has 0 aliphatic rings. The topological polar surface area (TPSA) is 101 Å². The Kier molecular flexibility index (Phi) is 4.10. The molecule has 27 heavy (non-hydrogen) atoms. The molecule has 2 aromatic heterocycles. The van der Waals surface area contributed by atoms with Crippen LogP contribution in [0.3, 0.4) is 0 Å². The number of fused-ring (bicyclic) bond motifs is 3. The fourth-order valence-corrected chi connectivity index (χ4v) is 2.79. The van der Waals surface area contributed by atoms with Crippen molar-refractivity contribution in [3.63, 3.8) is 0 Å². The van der Waals surface area contributed by atoms with Gasteiger partial charge < -0.3 is 4.42 Å². The molecule has 0 aliphatic heterocycles. The van der Waals surface area contributed by atoms with Gasteiger partial charge in [-0.25, -0.2) is 4.79 Å². The van der Waals surface area contributed by atoms with Gasteiger partial charge in [0.25, 0.3) is 11.8 Å². The lowest BCUT2D eigenvalue weighted by molar-refractivity contribution is 0.0844. The third-order valence-electron chi connectivity index (χ3n) is 4.12. The number of nitrogens with one attached hydrogen (secondary N) is 2. The zero-order valence-electron chi connectivity index (χ0n) is 13.9. The number of amides is 2. The summed E-state index contributed by atoms with van der Waals surface area (Å²) in [7, 11) is 0. The Bertz CT molecular complexity index is 1230. The molecule has 0 bridgehead atoms. The van der Waals surface area contributed by atoms with Gasteiger partial charge in [-0.3, -0.25) is 25.4 Å². The molecule has 4 rings (SSSR count). The van der Waals surface area contributed by atoms with Crippen molar-refractivity contribution in [1.29, 1.82) is 0 Å². The van der Waals surface area contributed by atoms with Gasteiger partial charge in [-0.1, -0.05) is 30.3 Å². The molecule has 2 amide bonds. The van der Waals surface area contributed by atoms with Crippen LogP contribution in [0.4, 0.5) is 0 Å². The summed E-state index contributed by atoms with van der Waals surface area (Å²) in [6.07, 6.45) is 2.92. The Morgan fingerprint density at radius 1 is 0.852 bits per heavy atom. The summed E-state index contributed by atoms with van der Waals surface area (Å²) >= 11 is 0. The molecule has 7 nitrogen and oxygen atoms in total. The highest BCUT2D eigenvalue weighted by Crippen LogP contribution is 2.24. The van der Waals surface area contributed by atoms with E-state index < -0.39 is 17.4 Å². The molecular formula is C20H13N3O4. The Morgan fingerprint density at radius 2 is 1.59 bits per heavy atom. The molecule has 0 unspecified atom stereocenters. The van der Waals surface area contributed by atoms with Crippen molar-refractivity contribution >= 4 is 33.6 Å². The second-order valence-corrected chi connectivity index (χ2v) is 5.79. The molecule has 2 aromatic carbocycles. The number of benzene rings is 2. The van der Waals surface area contributed by atoms with Crippen molar-refractivity contribution in [2.24, 2.45) is 0 Å². The predicted octanol–water partition coefficient (Wildman–Crippen LogP) is 2.42. The summed E-state index contributed by atoms with van der Waals surface area (Å²) < 4.78 is 5.28. The number of pyridine rings is 1. The van der Waals surface area contributed by atoms with Gasteiger partial charge in [-0.2, -0.15) is 0 Å². The Morgan fingerprint density at radius 3 is 2.41 bits per heavy atom. The molecular weight excluding hydrogens is 346 g/mol. The van der Waals surface area contributed by atoms with Gasteiger partial charge in [0.05, 0.1) is 0 Å². The molecule has 0 saturated heterocycles. The van der Waals surface area contributed by atoms with E-state index in [0.717, 1.165) is 10.8 Å². The molecule has 2 N–H and O–H groups in total. The van der Waals surface area contributed by atoms with Crippen LogP contribution in [-0.2, 0) is 0 Å². The second-order valence-electron chi connectivity index (χ2n) is 5.79. The highest BCUT2D eigenvalue weighted by atomic mass is 16.4. The first-order valence-electron chi connectivity index (χ1n) is 8.10. The van der Waals surface area contributed by atoms with E-state index in [1.807, 2.05) is 30.3 Å². The minimum absolute atomic E-state index is 0.200. The molecule has 0 spiro atoms. The first-order valence-corrected chi connectivity index (χ1v) is 8.10. The van der Waals surface area contributed by atoms with Gasteiger partial charge in [0.15, 0.2) is 0 Å². The number of hydrogen-bond donors (Lipinski definition) is 2. The number of hydrazine groups is 1. The summed E-state index contributed by atoms with van der Waals surface area (Å²) in [6.45, 7) is 0. The van der Waals surface area contributed by atoms with E-state index in [0.29, 0.717) is 16.5 Å². The average Bonchev–Trinajstić information content (AvgIpc) is 2.71. The van der Waals surface area contributed by atoms with Crippen LogP contribution in [-0.4, -0.2) is 16.8 Å². The predicted molar refractivity (Wildman–Crippen MR) is 99.2 cm³/mol. The van der Waals surface area contributed by atoms with Crippen molar-refractivity contribution in [3.8, 4) is 0 Å². The van der Waals surface area contributed by atoms with Crippen LogP contribution in [0.5, 0.6) is 0 Å². The van der Waals surface area contributed by atoms with E-state index in [1.165, 1.54) is 30.6 Å². The van der Waals surface area contributed by atoms with Gasteiger partial charge in [-0.15, -0.1) is 0 Å². The lowest BCUT2D eigenvalue weighted by atomic mass is 10.0. The smallest absolute Gasteiger partial charge is 0.349 e. The summed E-state index contributed by atoms with van der Waals surface area (Å²) in [5, 5.41) is 2.45. The van der Waals surface area contributed by atoms with Gasteiger partial charge >= 0.3 is 5.63 Å². The van der Waals surface area contributed by atoms with Crippen LogP contribution in [0, 0.1) is 0 Å². The van der Waals surface area contributed by atoms with Crippen LogP contribution in [0.25, 0.3) is 21.7 Å². The van der Waals surface area contributed by atoms with Crippen LogP contribution in [0.1, 0.15) is 20.7 Å². The van der Waals surface area contributed by atoms with Gasteiger partial charge in [-0.05, 0) is 35.0 Å². The first-order chi connectivity index (χ1) is 13.1. The quantitative estimate of drug-likeness (QED) is 0.325. The first kappa shape index (κ1) is 16.5. The summed E-state index contributed by atoms with van der Waals surface area (Å²) in [5.41, 5.74) is 4.22. The Hall–Kier alpha value is -4.00. The van der Waals surface area contributed by atoms with E-state index in [9.17, 15) is 14.4 Å². The number of rotatable bonds is 2. The van der Waals surface area contributed by atoms with E-state index in [-0.39, 0.29) is 5.56 Å². The van der Waals surface area contributed by atoms with Crippen LogP contribution in [0.2, 0.25) is 0 Å². The Labute approximate surface area is 152 Å². The number of aromatic nitrogens is 1. The van der Waals surface area contributed by atoms with Gasteiger partial charge in [0.2, 0.25) is 0 Å². The molecule has 0 saturated carbocycles. The van der Waals surface area contributed by atoms with E-state index >= 15 is 0 Å². The highest BCUT2D eigenvalue weighted by molar-refractivity contribution is 6.08. The van der Waals surface area contributed by atoms with Crippen molar-refractivity contribution in [2.75, 3.05) is 0 Å². The monoisotopic (exact) mass is 359 g/mol. The molecule has 4 aromatic rings. The molecule has 0 fully saturated rings. The molecule has 0 atom stereocenters. The highest BCUT2D eigenvalue weighted by Gasteiger charge is 2.16. The molecule has 7 heteroatoms. The summed E-state index contributed by atoms with van der Waals surface area (Å²) in [4.78, 5) is 40.4. The maximum atomic E-state index is 12.4. The van der Waals surface area contributed by atoms with Crippen molar-refractivity contribution < 1.29 is 14.0 Å². The minimum atomic E-state index is -0.784. The zero-order valence-corrected chi connectivity index (χ0v) is 13.9. The van der Waals surface area contributed by atoms with Crippen molar-refractivity contribution in [2.45, 2.75) is 0 Å². The number of carbonyl (C=O) groups excluding carboxylic acids is 2. The average molecular weight is 359 g/mol. The molecule has 2 heterocycles. The molecule has 132 valence electrons. The summed E-state index contributed by atoms with van der Waals surface area (Å²) in [5.74, 6) is -1.29. The SMILES string of the molecule is O=C(NNC(=O)c1cc2c(ccc3ccccc32)oc1=O)c1ccncc1. The largest absolute Gasteiger partial charge is 0.422 e. The van der Waals surface area contributed by atoms with Crippen molar-refractivity contribution in [3.05, 3.63) is 88.5 Å². The van der Waals surface area contributed by atoms with Gasteiger partial charge in [0.1, 0.15) is 11.1 Å². The minimum Gasteiger partial charge on any atom is -0.422 e. The third-order valence-corrected chi connectivity index (χ3v) is 4.12. The van der Waals surface area contributed by atoms with Gasteiger partial charge in [0, 0.05) is 23.3 Å². The zero-order chi connectivity index (χ0) is 18.8. The lowest BCUT2D eigenvalue weighted by Gasteiger charge is -2.08. The standard InChI is InChI=1S/C20H13N3O4/c24-18(13-7-9-21-10-8-13)22-23-19(25)16-11-15-14-4-2-1-3-12(14)5-6-17(15)27-20(16)26/h1-11H,(H,22,24)(H,23,25). The number of hydrogen-bond acceptors (Lipinski definition) is 5. The summed E-state index contributed by atoms with van der Waals surface area (Å²) in [6, 6.07) is 15.6. The van der Waals surface area contributed by atoms with Crippen LogP contribution < -0.4 is 16.5 Å². The molecule has 0 radical (unpaired) electrons. The fraction of sp³-hybridized carbons (Fsp3) is 0. The fourth-order valence-electron chi connectivity index (χ4n) is 2.79. The van der Waals surface area contributed by atoms with Crippen LogP contribution in [0.15, 0.2) is 76.2 Å². The lowest BCUT2D eigenvalue weighted by Crippen LogP contribution is -2.43. The van der Waals surface area contributed by atoms with E-state index in [4.69, 9.17) is 4.42 Å². The maximum Gasteiger partial charge on any atom is 0.349 e. The second kappa shape index (κ2) is 6.72. The van der Waals surface area contributed by atoms with E-state index in [1.54, 1.807) is 6.07 Å². The number of nitrogens with zero attached hydrogens (tertiary/aromatic N) is 1. The maximum absolute atomic E-state index is 12.4.